The molecular weight excluding hydrogens is 278 g/mol. The molecule has 2 nitrogen and oxygen atoms in total. The number of rotatable bonds is 1. The van der Waals surface area contributed by atoms with Gasteiger partial charge in [0.05, 0.1) is 0 Å². The van der Waals surface area contributed by atoms with Crippen molar-refractivity contribution in [1.29, 1.82) is 0 Å². The van der Waals surface area contributed by atoms with Crippen molar-refractivity contribution in [3.63, 3.8) is 0 Å². The summed E-state index contributed by atoms with van der Waals surface area (Å²) in [5.41, 5.74) is 8.92. The number of hydrogen-bond acceptors (Lipinski definition) is 3. The van der Waals surface area contributed by atoms with E-state index in [1.54, 1.807) is 0 Å². The van der Waals surface area contributed by atoms with Gasteiger partial charge in [0.25, 0.3) is 0 Å². The maximum absolute atomic E-state index is 6.36. The molecule has 3 rings (SSSR count). The third-order valence-electron chi connectivity index (χ3n) is 3.99. The molecule has 2 unspecified atom stereocenters. The molecule has 0 saturated carbocycles. The number of thiophene rings is 1. The molecule has 21 heavy (non-hydrogen) atoms. The molecule has 2 heterocycles. The van der Waals surface area contributed by atoms with Crippen molar-refractivity contribution in [2.24, 2.45) is 5.73 Å². The van der Waals surface area contributed by atoms with Gasteiger partial charge in [0.2, 0.25) is 0 Å². The van der Waals surface area contributed by atoms with E-state index in [0.717, 1.165) is 17.7 Å². The highest BCUT2D eigenvalue weighted by Crippen LogP contribution is 2.43. The van der Waals surface area contributed by atoms with Gasteiger partial charge in [0.15, 0.2) is 0 Å². The molecule has 0 amide bonds. The molecule has 2 aromatic rings. The molecule has 1 aromatic heterocycles. The zero-order valence-electron chi connectivity index (χ0n) is 13.1. The number of fused-ring (bicyclic) bond motifs is 1. The van der Waals surface area contributed by atoms with Gasteiger partial charge in [-0.25, -0.2) is 0 Å². The predicted molar refractivity (Wildman–Crippen MR) is 89.1 cm³/mol. The van der Waals surface area contributed by atoms with Gasteiger partial charge in [0, 0.05) is 27.8 Å². The Bertz CT molecular complexity index is 653. The summed E-state index contributed by atoms with van der Waals surface area (Å²) in [6.45, 7) is 8.82. The smallest absolute Gasteiger partial charge is 0.135 e. The third-order valence-corrected chi connectivity index (χ3v) is 5.59. The Hall–Kier alpha value is -1.32. The number of hydrogen-bond donors (Lipinski definition) is 1. The van der Waals surface area contributed by atoms with Gasteiger partial charge in [-0.05, 0) is 30.5 Å². The fourth-order valence-corrected chi connectivity index (χ4v) is 3.84. The summed E-state index contributed by atoms with van der Waals surface area (Å²) in [6.07, 6.45) is 0.928. The van der Waals surface area contributed by atoms with Crippen molar-refractivity contribution in [3.05, 3.63) is 51.2 Å². The van der Waals surface area contributed by atoms with Crippen molar-refractivity contribution in [3.8, 4) is 5.75 Å². The third kappa shape index (κ3) is 2.85. The van der Waals surface area contributed by atoms with Gasteiger partial charge < -0.3 is 10.5 Å². The maximum Gasteiger partial charge on any atom is 0.135 e. The van der Waals surface area contributed by atoms with Crippen LogP contribution in [0.3, 0.4) is 0 Å². The maximum atomic E-state index is 6.36. The van der Waals surface area contributed by atoms with Gasteiger partial charge in [-0.2, -0.15) is 0 Å². The Morgan fingerprint density at radius 3 is 2.62 bits per heavy atom. The zero-order chi connectivity index (χ0) is 15.2. The fraction of sp³-hybridized carbons (Fsp3) is 0.444. The Kier molecular flexibility index (Phi) is 3.58. The normalized spacial score (nSPS) is 21.8. The van der Waals surface area contributed by atoms with Gasteiger partial charge in [-0.15, -0.1) is 11.3 Å². The van der Waals surface area contributed by atoms with Crippen LogP contribution in [0, 0.1) is 6.92 Å². The Labute approximate surface area is 130 Å². The molecule has 0 bridgehead atoms. The van der Waals surface area contributed by atoms with Crippen LogP contribution in [-0.4, -0.2) is 0 Å². The highest BCUT2D eigenvalue weighted by molar-refractivity contribution is 7.12. The molecule has 2 atom stereocenters. The molecule has 1 aliphatic rings. The minimum Gasteiger partial charge on any atom is -0.484 e. The second-order valence-corrected chi connectivity index (χ2v) is 8.06. The van der Waals surface area contributed by atoms with Crippen LogP contribution in [0.15, 0.2) is 30.3 Å². The first kappa shape index (κ1) is 14.6. The number of nitrogens with two attached hydrogens (primary N) is 1. The van der Waals surface area contributed by atoms with E-state index in [-0.39, 0.29) is 17.6 Å². The lowest BCUT2D eigenvalue weighted by Gasteiger charge is -2.30. The molecule has 1 aromatic carbocycles. The van der Waals surface area contributed by atoms with E-state index < -0.39 is 0 Å². The fourth-order valence-electron chi connectivity index (χ4n) is 2.73. The summed E-state index contributed by atoms with van der Waals surface area (Å²) < 4.78 is 6.20. The van der Waals surface area contributed by atoms with E-state index in [1.807, 2.05) is 11.3 Å². The molecule has 0 aliphatic carbocycles. The highest BCUT2D eigenvalue weighted by atomic mass is 32.1. The molecular formula is C18H23NOS. The van der Waals surface area contributed by atoms with Gasteiger partial charge >= 0.3 is 0 Å². The molecule has 0 fully saturated rings. The van der Waals surface area contributed by atoms with Gasteiger partial charge in [0.1, 0.15) is 11.9 Å². The molecule has 1 aliphatic heterocycles. The average Bonchev–Trinajstić information content (AvgIpc) is 2.89. The van der Waals surface area contributed by atoms with Crippen molar-refractivity contribution in [2.75, 3.05) is 0 Å². The Morgan fingerprint density at radius 2 is 1.95 bits per heavy atom. The number of aryl methyl sites for hydroxylation is 1. The largest absolute Gasteiger partial charge is 0.484 e. The summed E-state index contributed by atoms with van der Waals surface area (Å²) in [4.78, 5) is 2.67. The van der Waals surface area contributed by atoms with Crippen LogP contribution in [0.4, 0.5) is 0 Å². The van der Waals surface area contributed by atoms with Crippen LogP contribution < -0.4 is 10.5 Å². The van der Waals surface area contributed by atoms with E-state index in [2.05, 4.69) is 58.0 Å². The lowest BCUT2D eigenvalue weighted by atomic mass is 9.94. The first-order valence-corrected chi connectivity index (χ1v) is 8.29. The summed E-state index contributed by atoms with van der Waals surface area (Å²) >= 11 is 1.85. The average molecular weight is 301 g/mol. The Morgan fingerprint density at radius 1 is 1.19 bits per heavy atom. The topological polar surface area (TPSA) is 35.2 Å². The van der Waals surface area contributed by atoms with Crippen molar-refractivity contribution >= 4 is 11.3 Å². The van der Waals surface area contributed by atoms with Crippen LogP contribution in [0.1, 0.15) is 60.2 Å². The van der Waals surface area contributed by atoms with Crippen LogP contribution in [0.25, 0.3) is 0 Å². The summed E-state index contributed by atoms with van der Waals surface area (Å²) in [5.74, 6) is 0.940. The minimum absolute atomic E-state index is 0.0545. The summed E-state index contributed by atoms with van der Waals surface area (Å²) in [7, 11) is 0. The molecule has 2 N–H and O–H groups in total. The van der Waals surface area contributed by atoms with Crippen LogP contribution in [0.5, 0.6) is 5.75 Å². The number of benzene rings is 1. The lowest BCUT2D eigenvalue weighted by Crippen LogP contribution is -2.23. The van der Waals surface area contributed by atoms with Crippen LogP contribution in [-0.2, 0) is 5.41 Å². The van der Waals surface area contributed by atoms with Crippen molar-refractivity contribution < 1.29 is 4.74 Å². The molecule has 0 spiro atoms. The summed E-state index contributed by atoms with van der Waals surface area (Å²) in [5, 5.41) is 0. The van der Waals surface area contributed by atoms with E-state index >= 15 is 0 Å². The molecule has 0 radical (unpaired) electrons. The van der Waals surface area contributed by atoms with E-state index in [0.29, 0.717) is 0 Å². The first-order valence-electron chi connectivity index (χ1n) is 7.47. The zero-order valence-corrected chi connectivity index (χ0v) is 14.0. The monoisotopic (exact) mass is 301 g/mol. The highest BCUT2D eigenvalue weighted by Gasteiger charge is 2.29. The standard InChI is InChI=1S/C18H23NOS/c1-11-5-6-14-12(9-11)13(19)10-15(20-14)16-7-8-17(21-16)18(2,3)4/h5-9,13,15H,10,19H2,1-4H3. The van der Waals surface area contributed by atoms with Gasteiger partial charge in [-0.3, -0.25) is 0 Å². The molecule has 0 saturated heterocycles. The molecule has 112 valence electrons. The first-order chi connectivity index (χ1) is 9.84. The van der Waals surface area contributed by atoms with Crippen molar-refractivity contribution in [1.82, 2.24) is 0 Å². The second-order valence-electron chi connectivity index (χ2n) is 6.94. The van der Waals surface area contributed by atoms with E-state index in [4.69, 9.17) is 10.5 Å². The lowest BCUT2D eigenvalue weighted by molar-refractivity contribution is 0.165. The quantitative estimate of drug-likeness (QED) is 0.815. The van der Waals surface area contributed by atoms with E-state index in [9.17, 15) is 0 Å². The van der Waals surface area contributed by atoms with Crippen molar-refractivity contribution in [2.45, 2.75) is 51.7 Å². The SMILES string of the molecule is Cc1ccc2c(c1)C(N)CC(c1ccc(C(C)(C)C)s1)O2. The number of ether oxygens (including phenoxy) is 1. The Balaban J connectivity index is 1.89. The van der Waals surface area contributed by atoms with Gasteiger partial charge in [-0.1, -0.05) is 38.5 Å². The minimum atomic E-state index is 0.0545. The van der Waals surface area contributed by atoms with Crippen LogP contribution >= 0.6 is 11.3 Å². The molecule has 3 heteroatoms. The van der Waals surface area contributed by atoms with Crippen LogP contribution in [0.2, 0.25) is 0 Å². The summed E-state index contributed by atoms with van der Waals surface area (Å²) in [6, 6.07) is 10.8. The predicted octanol–water partition coefficient (Wildman–Crippen LogP) is 4.88. The second kappa shape index (κ2) is 5.15. The van der Waals surface area contributed by atoms with E-state index in [1.165, 1.54) is 15.3 Å².